The van der Waals surface area contributed by atoms with Gasteiger partial charge in [-0.1, -0.05) is 59.6 Å². The fraction of sp³-hybridized carbons (Fsp3) is 0.0714. The summed E-state index contributed by atoms with van der Waals surface area (Å²) in [4.78, 5) is 37.6. The lowest BCUT2D eigenvalue weighted by molar-refractivity contribution is -0.136. The summed E-state index contributed by atoms with van der Waals surface area (Å²) in [6.07, 6.45) is 1.29. The van der Waals surface area contributed by atoms with Crippen molar-refractivity contribution in [2.45, 2.75) is 0 Å². The molecule has 0 saturated heterocycles. The summed E-state index contributed by atoms with van der Waals surface area (Å²) >= 11 is 12.0. The van der Waals surface area contributed by atoms with E-state index in [1.54, 1.807) is 48.5 Å². The molecule has 0 atom stereocenters. The molecular weight excluding hydrogens is 545 g/mol. The van der Waals surface area contributed by atoms with E-state index < -0.39 is 17.8 Å². The van der Waals surface area contributed by atoms with Crippen LogP contribution in [0.1, 0.15) is 15.9 Å². The van der Waals surface area contributed by atoms with Crippen molar-refractivity contribution in [1.29, 1.82) is 0 Å². The summed E-state index contributed by atoms with van der Waals surface area (Å²) < 4.78 is 16.1. The third kappa shape index (κ3) is 6.28. The van der Waals surface area contributed by atoms with Gasteiger partial charge >= 0.3 is 17.8 Å². The number of hydrogen-bond acceptors (Lipinski definition) is 7. The number of esters is 1. The van der Waals surface area contributed by atoms with Gasteiger partial charge in [0, 0.05) is 5.56 Å². The number of nitrogens with zero attached hydrogens (tertiary/aromatic N) is 1. The van der Waals surface area contributed by atoms with Crippen LogP contribution in [0.5, 0.6) is 17.2 Å². The van der Waals surface area contributed by atoms with Crippen molar-refractivity contribution in [3.05, 3.63) is 94.0 Å². The summed E-state index contributed by atoms with van der Waals surface area (Å²) in [5.74, 6) is -1.69. The number of hydrogen-bond donors (Lipinski definition) is 2. The van der Waals surface area contributed by atoms with Crippen molar-refractivity contribution in [3.8, 4) is 17.2 Å². The Morgan fingerprint density at radius 3 is 2.33 bits per heavy atom. The average Bonchev–Trinajstić information content (AvgIpc) is 2.95. The van der Waals surface area contributed by atoms with Gasteiger partial charge in [0.25, 0.3) is 0 Å². The first-order chi connectivity index (χ1) is 18.8. The van der Waals surface area contributed by atoms with Gasteiger partial charge in [0.05, 0.1) is 41.7 Å². The lowest BCUT2D eigenvalue weighted by Gasteiger charge is -2.12. The number of ether oxygens (including phenoxy) is 3. The number of methoxy groups -OCH3 is 2. The van der Waals surface area contributed by atoms with Crippen molar-refractivity contribution < 1.29 is 28.6 Å². The zero-order valence-electron chi connectivity index (χ0n) is 20.7. The standard InChI is InChI=1S/C28H21Cl2N3O6/c1-37-23-13-11-17(14-24(23)38-2)28(36)39-22-12-10-16-6-3-4-7-18(16)19(22)15-31-33-27(35)26(34)32-21-9-5-8-20(29)25(21)30/h3-15H,1-2H3,(H,32,34)(H,33,35). The van der Waals surface area contributed by atoms with Crippen molar-refractivity contribution in [2.24, 2.45) is 5.10 Å². The summed E-state index contributed by atoms with van der Waals surface area (Å²) in [5, 5.41) is 8.14. The second-order valence-corrected chi connectivity index (χ2v) is 8.70. The van der Waals surface area contributed by atoms with Crippen molar-refractivity contribution in [1.82, 2.24) is 5.43 Å². The van der Waals surface area contributed by atoms with Crippen molar-refractivity contribution >= 4 is 63.7 Å². The van der Waals surface area contributed by atoms with Crippen LogP contribution in [-0.2, 0) is 9.59 Å². The van der Waals surface area contributed by atoms with Crippen LogP contribution in [0.3, 0.4) is 0 Å². The Bertz CT molecular complexity index is 1610. The molecule has 39 heavy (non-hydrogen) atoms. The first kappa shape index (κ1) is 27.4. The van der Waals surface area contributed by atoms with Gasteiger partial charge < -0.3 is 19.5 Å². The quantitative estimate of drug-likeness (QED) is 0.101. The van der Waals surface area contributed by atoms with E-state index in [1.807, 2.05) is 12.1 Å². The van der Waals surface area contributed by atoms with Crippen molar-refractivity contribution in [2.75, 3.05) is 19.5 Å². The van der Waals surface area contributed by atoms with E-state index in [1.165, 1.54) is 32.6 Å². The maximum atomic E-state index is 13.0. The van der Waals surface area contributed by atoms with E-state index in [-0.39, 0.29) is 27.0 Å². The largest absolute Gasteiger partial charge is 0.493 e. The van der Waals surface area contributed by atoms with Crippen LogP contribution < -0.4 is 25.0 Å². The Morgan fingerprint density at radius 1 is 0.821 bits per heavy atom. The Labute approximate surface area is 233 Å². The Hall–Kier alpha value is -4.60. The fourth-order valence-electron chi connectivity index (χ4n) is 3.61. The maximum Gasteiger partial charge on any atom is 0.343 e. The minimum absolute atomic E-state index is 0.0977. The second kappa shape index (κ2) is 12.3. The number of carbonyl (C=O) groups excluding carboxylic acids is 3. The molecule has 0 aliphatic heterocycles. The van der Waals surface area contributed by atoms with E-state index in [0.717, 1.165) is 5.39 Å². The summed E-state index contributed by atoms with van der Waals surface area (Å²) in [5.41, 5.74) is 2.97. The van der Waals surface area contributed by atoms with Gasteiger partial charge in [-0.3, -0.25) is 9.59 Å². The van der Waals surface area contributed by atoms with Gasteiger partial charge in [-0.25, -0.2) is 10.2 Å². The third-order valence-electron chi connectivity index (χ3n) is 5.52. The molecule has 0 spiro atoms. The molecule has 0 fully saturated rings. The first-order valence-corrected chi connectivity index (χ1v) is 12.1. The molecule has 0 bridgehead atoms. The predicted octanol–water partition coefficient (Wildman–Crippen LogP) is 5.47. The Morgan fingerprint density at radius 2 is 1.56 bits per heavy atom. The topological polar surface area (TPSA) is 115 Å². The van der Waals surface area contributed by atoms with E-state index in [9.17, 15) is 14.4 Å². The molecule has 4 rings (SSSR count). The van der Waals surface area contributed by atoms with Crippen LogP contribution in [0.4, 0.5) is 5.69 Å². The van der Waals surface area contributed by atoms with Gasteiger partial charge in [-0.05, 0) is 47.2 Å². The highest BCUT2D eigenvalue weighted by Gasteiger charge is 2.18. The molecular formula is C28H21Cl2N3O6. The molecule has 2 amide bonds. The lowest BCUT2D eigenvalue weighted by atomic mass is 10.0. The summed E-state index contributed by atoms with van der Waals surface area (Å²) in [6, 6.07) is 20.0. The van der Waals surface area contributed by atoms with Gasteiger partial charge in [-0.2, -0.15) is 5.10 Å². The smallest absolute Gasteiger partial charge is 0.343 e. The molecule has 0 aliphatic rings. The molecule has 4 aromatic carbocycles. The first-order valence-electron chi connectivity index (χ1n) is 11.4. The van der Waals surface area contributed by atoms with Crippen LogP contribution >= 0.6 is 23.2 Å². The maximum absolute atomic E-state index is 13.0. The minimum atomic E-state index is -1.05. The van der Waals surface area contributed by atoms with Crippen molar-refractivity contribution in [3.63, 3.8) is 0 Å². The molecule has 2 N–H and O–H groups in total. The molecule has 0 unspecified atom stereocenters. The fourth-order valence-corrected chi connectivity index (χ4v) is 3.95. The van der Waals surface area contributed by atoms with Gasteiger partial charge in [0.15, 0.2) is 11.5 Å². The molecule has 11 heteroatoms. The predicted molar refractivity (Wildman–Crippen MR) is 149 cm³/mol. The molecule has 4 aromatic rings. The van der Waals surface area contributed by atoms with Crippen LogP contribution in [0, 0.1) is 0 Å². The summed E-state index contributed by atoms with van der Waals surface area (Å²) in [7, 11) is 2.95. The second-order valence-electron chi connectivity index (χ2n) is 7.91. The highest BCUT2D eigenvalue weighted by Crippen LogP contribution is 2.31. The number of amides is 2. The molecule has 9 nitrogen and oxygen atoms in total. The van der Waals surface area contributed by atoms with E-state index in [4.69, 9.17) is 37.4 Å². The van der Waals surface area contributed by atoms with Crippen LogP contribution in [0.15, 0.2) is 77.9 Å². The number of benzene rings is 4. The number of anilines is 1. The highest BCUT2D eigenvalue weighted by atomic mass is 35.5. The highest BCUT2D eigenvalue weighted by molar-refractivity contribution is 6.45. The van der Waals surface area contributed by atoms with E-state index in [0.29, 0.717) is 22.4 Å². The zero-order valence-corrected chi connectivity index (χ0v) is 22.2. The molecule has 0 saturated carbocycles. The number of fused-ring (bicyclic) bond motifs is 1. The number of halogens is 2. The molecule has 198 valence electrons. The molecule has 0 heterocycles. The normalized spacial score (nSPS) is 10.8. The van der Waals surface area contributed by atoms with Crippen LogP contribution in [0.2, 0.25) is 10.0 Å². The van der Waals surface area contributed by atoms with Gasteiger partial charge in [0.2, 0.25) is 0 Å². The molecule has 0 aromatic heterocycles. The van der Waals surface area contributed by atoms with Crippen LogP contribution in [0.25, 0.3) is 10.8 Å². The molecule has 0 aliphatic carbocycles. The number of hydrazone groups is 1. The average molecular weight is 566 g/mol. The van der Waals surface area contributed by atoms with Crippen LogP contribution in [-0.4, -0.2) is 38.2 Å². The third-order valence-corrected chi connectivity index (χ3v) is 6.34. The minimum Gasteiger partial charge on any atom is -0.493 e. The summed E-state index contributed by atoms with van der Waals surface area (Å²) in [6.45, 7) is 0. The number of rotatable bonds is 7. The Balaban J connectivity index is 1.56. The Kier molecular flexibility index (Phi) is 8.65. The number of nitrogens with one attached hydrogen (secondary N) is 2. The number of carbonyl (C=O) groups is 3. The lowest BCUT2D eigenvalue weighted by Crippen LogP contribution is -2.32. The molecule has 0 radical (unpaired) electrons. The van der Waals surface area contributed by atoms with E-state index in [2.05, 4.69) is 15.8 Å². The van der Waals surface area contributed by atoms with Gasteiger partial charge in [-0.15, -0.1) is 0 Å². The van der Waals surface area contributed by atoms with Gasteiger partial charge in [0.1, 0.15) is 5.75 Å². The monoisotopic (exact) mass is 565 g/mol. The SMILES string of the molecule is COc1ccc(C(=O)Oc2ccc3ccccc3c2C=NNC(=O)C(=O)Nc2cccc(Cl)c2Cl)cc1OC. The van der Waals surface area contributed by atoms with E-state index >= 15 is 0 Å². The zero-order chi connectivity index (χ0) is 27.9.